The van der Waals surface area contributed by atoms with Crippen LogP contribution in [0.5, 0.6) is 0 Å². The number of imidazole rings is 1. The minimum Gasteiger partial charge on any atom is -0.348 e. The minimum absolute atomic E-state index is 0.494. The second-order valence-electron chi connectivity index (χ2n) is 3.79. The molecule has 2 nitrogen and oxygen atoms in total. The Bertz CT molecular complexity index is 245. The Kier molecular flexibility index (Phi) is 2.94. The first-order valence-corrected chi connectivity index (χ1v) is 5.57. The molecule has 1 heterocycles. The largest absolute Gasteiger partial charge is 0.348 e. The second-order valence-corrected chi connectivity index (χ2v) is 4.45. The van der Waals surface area contributed by atoms with Gasteiger partial charge in [-0.1, -0.05) is 19.3 Å². The van der Waals surface area contributed by atoms with Gasteiger partial charge in [-0.25, -0.2) is 4.98 Å². The average Bonchev–Trinajstić information content (AvgIpc) is 2.56. The molecule has 1 N–H and O–H groups in total. The Morgan fingerprint density at radius 2 is 2.15 bits per heavy atom. The van der Waals surface area contributed by atoms with Crippen LogP contribution >= 0.6 is 12.6 Å². The van der Waals surface area contributed by atoms with Crippen LogP contribution in [0.3, 0.4) is 0 Å². The zero-order chi connectivity index (χ0) is 9.10. The first kappa shape index (κ1) is 9.13. The number of hydrogen-bond acceptors (Lipinski definition) is 2. The molecule has 2 atom stereocenters. The zero-order valence-corrected chi connectivity index (χ0v) is 8.63. The van der Waals surface area contributed by atoms with Crippen LogP contribution in [0.1, 0.15) is 43.8 Å². The van der Waals surface area contributed by atoms with Gasteiger partial charge in [0.05, 0.1) is 0 Å². The van der Waals surface area contributed by atoms with E-state index in [0.29, 0.717) is 11.2 Å². The summed E-state index contributed by atoms with van der Waals surface area (Å²) in [4.78, 5) is 7.53. The maximum absolute atomic E-state index is 4.65. The van der Waals surface area contributed by atoms with Crippen LogP contribution < -0.4 is 0 Å². The highest BCUT2D eigenvalue weighted by Gasteiger charge is 2.23. The van der Waals surface area contributed by atoms with Crippen molar-refractivity contribution in [2.75, 3.05) is 0 Å². The van der Waals surface area contributed by atoms with Gasteiger partial charge in [-0.15, -0.1) is 0 Å². The minimum atomic E-state index is 0.494. The molecule has 2 rings (SSSR count). The summed E-state index contributed by atoms with van der Waals surface area (Å²) in [5.41, 5.74) is 0. The van der Waals surface area contributed by atoms with Gasteiger partial charge in [0.15, 0.2) is 0 Å². The molecule has 72 valence electrons. The van der Waals surface area contributed by atoms with E-state index in [1.54, 1.807) is 0 Å². The molecule has 0 amide bonds. The van der Waals surface area contributed by atoms with Gasteiger partial charge < -0.3 is 4.98 Å². The first-order valence-electron chi connectivity index (χ1n) is 5.05. The number of aromatic amines is 1. The third kappa shape index (κ3) is 2.08. The molecule has 1 aromatic rings. The SMILES string of the molecule is SC1CCCCCC1c1ncc[nH]1. The standard InChI is InChI=1S/C10H16N2S/c13-9-5-3-1-2-4-8(9)10-11-6-7-12-10/h6-9,13H,1-5H2,(H,11,12). The van der Waals surface area contributed by atoms with Gasteiger partial charge in [0.25, 0.3) is 0 Å². The molecule has 1 fully saturated rings. The quantitative estimate of drug-likeness (QED) is 0.525. The van der Waals surface area contributed by atoms with Gasteiger partial charge in [-0.05, 0) is 12.8 Å². The number of nitrogens with zero attached hydrogens (tertiary/aromatic N) is 1. The molecule has 0 saturated heterocycles. The van der Waals surface area contributed by atoms with Crippen molar-refractivity contribution >= 4 is 12.6 Å². The van der Waals surface area contributed by atoms with Crippen LogP contribution in [0.4, 0.5) is 0 Å². The Balaban J connectivity index is 2.11. The van der Waals surface area contributed by atoms with Gasteiger partial charge in [0.2, 0.25) is 0 Å². The normalized spacial score (nSPS) is 29.9. The smallest absolute Gasteiger partial charge is 0.110 e. The molecule has 13 heavy (non-hydrogen) atoms. The molecule has 2 unspecified atom stereocenters. The van der Waals surface area contributed by atoms with E-state index in [2.05, 4.69) is 22.6 Å². The first-order chi connectivity index (χ1) is 6.38. The average molecular weight is 196 g/mol. The molecule has 1 aliphatic carbocycles. The predicted molar refractivity (Wildman–Crippen MR) is 57.2 cm³/mol. The molecule has 1 saturated carbocycles. The summed E-state index contributed by atoms with van der Waals surface area (Å²) >= 11 is 4.65. The Morgan fingerprint density at radius 3 is 2.92 bits per heavy atom. The van der Waals surface area contributed by atoms with E-state index in [-0.39, 0.29) is 0 Å². The van der Waals surface area contributed by atoms with Crippen LogP contribution in [0.25, 0.3) is 0 Å². The maximum Gasteiger partial charge on any atom is 0.110 e. The number of hydrogen-bond donors (Lipinski definition) is 2. The summed E-state index contributed by atoms with van der Waals surface area (Å²) in [5, 5.41) is 0.494. The number of aromatic nitrogens is 2. The number of H-pyrrole nitrogens is 1. The van der Waals surface area contributed by atoms with Crippen molar-refractivity contribution in [2.24, 2.45) is 0 Å². The molecule has 0 spiro atoms. The van der Waals surface area contributed by atoms with E-state index in [9.17, 15) is 0 Å². The third-order valence-electron chi connectivity index (χ3n) is 2.85. The van der Waals surface area contributed by atoms with Gasteiger partial charge in [0.1, 0.15) is 5.82 Å². The summed E-state index contributed by atoms with van der Waals surface area (Å²) in [5.74, 6) is 1.67. The van der Waals surface area contributed by atoms with E-state index >= 15 is 0 Å². The number of rotatable bonds is 1. The molecular formula is C10H16N2S. The molecule has 0 aliphatic heterocycles. The van der Waals surface area contributed by atoms with E-state index < -0.39 is 0 Å². The number of nitrogens with one attached hydrogen (secondary N) is 1. The summed E-state index contributed by atoms with van der Waals surface area (Å²) in [6.45, 7) is 0. The summed E-state index contributed by atoms with van der Waals surface area (Å²) in [7, 11) is 0. The van der Waals surface area contributed by atoms with Gasteiger partial charge in [-0.2, -0.15) is 12.6 Å². The fourth-order valence-electron chi connectivity index (χ4n) is 2.09. The van der Waals surface area contributed by atoms with Gasteiger partial charge in [0, 0.05) is 23.6 Å². The van der Waals surface area contributed by atoms with Crippen molar-refractivity contribution in [1.82, 2.24) is 9.97 Å². The van der Waals surface area contributed by atoms with E-state index in [1.807, 2.05) is 12.4 Å². The Labute approximate surface area is 84.6 Å². The molecule has 0 radical (unpaired) electrons. The van der Waals surface area contributed by atoms with E-state index in [1.165, 1.54) is 32.1 Å². The number of thiol groups is 1. The molecule has 3 heteroatoms. The summed E-state index contributed by atoms with van der Waals surface area (Å²) in [6.07, 6.45) is 10.2. The molecule has 0 bridgehead atoms. The highest BCUT2D eigenvalue weighted by molar-refractivity contribution is 7.81. The lowest BCUT2D eigenvalue weighted by Crippen LogP contribution is -2.12. The van der Waals surface area contributed by atoms with Crippen LogP contribution in [0, 0.1) is 0 Å². The predicted octanol–water partition coefficient (Wildman–Crippen LogP) is 2.76. The van der Waals surface area contributed by atoms with Crippen molar-refractivity contribution in [2.45, 2.75) is 43.3 Å². The van der Waals surface area contributed by atoms with Crippen molar-refractivity contribution in [3.8, 4) is 0 Å². The van der Waals surface area contributed by atoms with E-state index in [0.717, 1.165) is 5.82 Å². The topological polar surface area (TPSA) is 28.7 Å². The fraction of sp³-hybridized carbons (Fsp3) is 0.700. The highest BCUT2D eigenvalue weighted by atomic mass is 32.1. The molecule has 1 aliphatic rings. The van der Waals surface area contributed by atoms with Crippen molar-refractivity contribution < 1.29 is 0 Å². The van der Waals surface area contributed by atoms with Gasteiger partial charge in [-0.3, -0.25) is 0 Å². The van der Waals surface area contributed by atoms with Crippen LogP contribution in [-0.2, 0) is 0 Å². The summed E-state index contributed by atoms with van der Waals surface area (Å²) < 4.78 is 0. The Hall–Kier alpha value is -0.440. The van der Waals surface area contributed by atoms with Crippen molar-refractivity contribution in [3.05, 3.63) is 18.2 Å². The maximum atomic E-state index is 4.65. The highest BCUT2D eigenvalue weighted by Crippen LogP contribution is 2.33. The van der Waals surface area contributed by atoms with Crippen LogP contribution in [-0.4, -0.2) is 15.2 Å². The molecular weight excluding hydrogens is 180 g/mol. The molecule has 0 aromatic carbocycles. The third-order valence-corrected chi connectivity index (χ3v) is 3.47. The zero-order valence-electron chi connectivity index (χ0n) is 7.74. The van der Waals surface area contributed by atoms with Crippen molar-refractivity contribution in [3.63, 3.8) is 0 Å². The van der Waals surface area contributed by atoms with Crippen LogP contribution in [0.2, 0.25) is 0 Å². The van der Waals surface area contributed by atoms with Gasteiger partial charge >= 0.3 is 0 Å². The monoisotopic (exact) mass is 196 g/mol. The van der Waals surface area contributed by atoms with Crippen LogP contribution in [0.15, 0.2) is 12.4 Å². The van der Waals surface area contributed by atoms with E-state index in [4.69, 9.17) is 0 Å². The molecule has 1 aromatic heterocycles. The van der Waals surface area contributed by atoms with Crippen molar-refractivity contribution in [1.29, 1.82) is 0 Å². The lowest BCUT2D eigenvalue weighted by Gasteiger charge is -2.17. The summed E-state index contributed by atoms with van der Waals surface area (Å²) in [6, 6.07) is 0. The fourth-order valence-corrected chi connectivity index (χ4v) is 2.56. The Morgan fingerprint density at radius 1 is 1.31 bits per heavy atom. The lowest BCUT2D eigenvalue weighted by molar-refractivity contribution is 0.581. The second kappa shape index (κ2) is 4.18. The lowest BCUT2D eigenvalue weighted by atomic mass is 9.99.